The van der Waals surface area contributed by atoms with Crippen LogP contribution in [-0.4, -0.2) is 35.3 Å². The Hall–Kier alpha value is -1.36. The Morgan fingerprint density at radius 2 is 2.18 bits per heavy atom. The molecule has 0 saturated carbocycles. The van der Waals surface area contributed by atoms with Crippen molar-refractivity contribution in [1.82, 2.24) is 20.4 Å². The van der Waals surface area contributed by atoms with Gasteiger partial charge in [-0.3, -0.25) is 9.48 Å². The zero-order valence-corrected chi connectivity index (χ0v) is 11.2. The predicted molar refractivity (Wildman–Crippen MR) is 68.1 cm³/mol. The molecular weight excluding hydrogens is 216 g/mol. The third kappa shape index (κ3) is 3.85. The van der Waals surface area contributed by atoms with Crippen molar-refractivity contribution >= 4 is 5.91 Å². The van der Waals surface area contributed by atoms with Crippen LogP contribution in [0.3, 0.4) is 0 Å². The number of amides is 1. The average Bonchev–Trinajstić information content (AvgIpc) is 2.74. The first kappa shape index (κ1) is 13.7. The molecule has 1 rings (SSSR count). The topological polar surface area (TPSA) is 58.9 Å². The summed E-state index contributed by atoms with van der Waals surface area (Å²) < 4.78 is 1.80. The molecule has 0 radical (unpaired) electrons. The molecule has 1 aromatic heterocycles. The number of hydrogen-bond acceptors (Lipinski definition) is 3. The second kappa shape index (κ2) is 5.31. The lowest BCUT2D eigenvalue weighted by Gasteiger charge is -2.18. The highest BCUT2D eigenvalue weighted by Gasteiger charge is 2.16. The highest BCUT2D eigenvalue weighted by atomic mass is 16.1. The SMILES string of the molecule is CNC(C)CNC(=O)c1cnn(C(C)(C)C)c1. The summed E-state index contributed by atoms with van der Waals surface area (Å²) >= 11 is 0. The van der Waals surface area contributed by atoms with Gasteiger partial charge in [-0.2, -0.15) is 5.10 Å². The Morgan fingerprint density at radius 3 is 2.65 bits per heavy atom. The van der Waals surface area contributed by atoms with Gasteiger partial charge in [-0.1, -0.05) is 0 Å². The highest BCUT2D eigenvalue weighted by molar-refractivity contribution is 5.93. The van der Waals surface area contributed by atoms with Gasteiger partial charge < -0.3 is 10.6 Å². The molecule has 1 amide bonds. The van der Waals surface area contributed by atoms with Crippen LogP contribution < -0.4 is 10.6 Å². The summed E-state index contributed by atoms with van der Waals surface area (Å²) in [6.07, 6.45) is 3.38. The van der Waals surface area contributed by atoms with E-state index in [1.54, 1.807) is 17.1 Å². The van der Waals surface area contributed by atoms with Crippen molar-refractivity contribution in [3.8, 4) is 0 Å². The van der Waals surface area contributed by atoms with E-state index < -0.39 is 0 Å². The fourth-order valence-corrected chi connectivity index (χ4v) is 1.26. The third-order valence-electron chi connectivity index (χ3n) is 2.59. The maximum Gasteiger partial charge on any atom is 0.254 e. The molecule has 0 aliphatic heterocycles. The Morgan fingerprint density at radius 1 is 1.53 bits per heavy atom. The zero-order valence-electron chi connectivity index (χ0n) is 11.2. The number of hydrogen-bond donors (Lipinski definition) is 2. The summed E-state index contributed by atoms with van der Waals surface area (Å²) in [5.74, 6) is -0.0809. The van der Waals surface area contributed by atoms with Crippen molar-refractivity contribution < 1.29 is 4.79 Å². The van der Waals surface area contributed by atoms with E-state index in [0.29, 0.717) is 12.1 Å². The largest absolute Gasteiger partial charge is 0.350 e. The standard InChI is InChI=1S/C12H22N4O/c1-9(13-5)6-14-11(17)10-7-15-16(8-10)12(2,3)4/h7-9,13H,6H2,1-5H3,(H,14,17). The number of rotatable bonds is 4. The number of carbonyl (C=O) groups excluding carboxylic acids is 1. The molecule has 96 valence electrons. The molecule has 0 aromatic carbocycles. The molecule has 0 aliphatic rings. The number of likely N-dealkylation sites (N-methyl/N-ethyl adjacent to an activating group) is 1. The van der Waals surface area contributed by atoms with Crippen LogP contribution in [0.15, 0.2) is 12.4 Å². The van der Waals surface area contributed by atoms with Crippen molar-refractivity contribution in [2.75, 3.05) is 13.6 Å². The fourth-order valence-electron chi connectivity index (χ4n) is 1.26. The van der Waals surface area contributed by atoms with Crippen LogP contribution in [0.4, 0.5) is 0 Å². The quantitative estimate of drug-likeness (QED) is 0.822. The van der Waals surface area contributed by atoms with E-state index in [2.05, 4.69) is 15.7 Å². The van der Waals surface area contributed by atoms with E-state index in [0.717, 1.165) is 0 Å². The molecule has 2 N–H and O–H groups in total. The van der Waals surface area contributed by atoms with Crippen LogP contribution in [0.2, 0.25) is 0 Å². The smallest absolute Gasteiger partial charge is 0.254 e. The van der Waals surface area contributed by atoms with Crippen LogP contribution in [0, 0.1) is 0 Å². The van der Waals surface area contributed by atoms with E-state index >= 15 is 0 Å². The van der Waals surface area contributed by atoms with Crippen LogP contribution in [-0.2, 0) is 5.54 Å². The number of aromatic nitrogens is 2. The molecule has 0 saturated heterocycles. The first-order valence-corrected chi connectivity index (χ1v) is 5.85. The van der Waals surface area contributed by atoms with Gasteiger partial charge >= 0.3 is 0 Å². The molecule has 1 heterocycles. The lowest BCUT2D eigenvalue weighted by Crippen LogP contribution is -2.37. The van der Waals surface area contributed by atoms with Crippen LogP contribution in [0.1, 0.15) is 38.1 Å². The van der Waals surface area contributed by atoms with Gasteiger partial charge in [0.1, 0.15) is 0 Å². The highest BCUT2D eigenvalue weighted by Crippen LogP contribution is 2.12. The van der Waals surface area contributed by atoms with Crippen molar-refractivity contribution in [3.63, 3.8) is 0 Å². The van der Waals surface area contributed by atoms with Gasteiger partial charge in [0, 0.05) is 18.8 Å². The van der Waals surface area contributed by atoms with Crippen molar-refractivity contribution in [1.29, 1.82) is 0 Å². The van der Waals surface area contributed by atoms with Gasteiger partial charge in [-0.25, -0.2) is 0 Å². The minimum absolute atomic E-state index is 0.0809. The van der Waals surface area contributed by atoms with Gasteiger partial charge in [-0.15, -0.1) is 0 Å². The first-order valence-electron chi connectivity index (χ1n) is 5.85. The third-order valence-corrected chi connectivity index (χ3v) is 2.59. The van der Waals surface area contributed by atoms with Gasteiger partial charge in [0.15, 0.2) is 0 Å². The van der Waals surface area contributed by atoms with E-state index in [1.165, 1.54) is 0 Å². The summed E-state index contributed by atoms with van der Waals surface area (Å²) in [6, 6.07) is 0.261. The zero-order chi connectivity index (χ0) is 13.1. The summed E-state index contributed by atoms with van der Waals surface area (Å²) in [7, 11) is 1.87. The Labute approximate surface area is 103 Å². The molecular formula is C12H22N4O. The molecule has 0 spiro atoms. The molecule has 5 nitrogen and oxygen atoms in total. The van der Waals surface area contributed by atoms with Crippen LogP contribution in [0.25, 0.3) is 0 Å². The van der Waals surface area contributed by atoms with Crippen LogP contribution in [0.5, 0.6) is 0 Å². The molecule has 0 bridgehead atoms. The van der Waals surface area contributed by atoms with Gasteiger partial charge in [0.25, 0.3) is 5.91 Å². The van der Waals surface area contributed by atoms with E-state index in [1.807, 2.05) is 34.7 Å². The van der Waals surface area contributed by atoms with Crippen LogP contribution >= 0.6 is 0 Å². The van der Waals surface area contributed by atoms with Gasteiger partial charge in [0.05, 0.1) is 17.3 Å². The van der Waals surface area contributed by atoms with Crippen molar-refractivity contribution in [3.05, 3.63) is 18.0 Å². The number of nitrogens with one attached hydrogen (secondary N) is 2. The van der Waals surface area contributed by atoms with E-state index in [4.69, 9.17) is 0 Å². The molecule has 1 unspecified atom stereocenters. The predicted octanol–water partition coefficient (Wildman–Crippen LogP) is 0.976. The normalized spacial score (nSPS) is 13.5. The molecule has 1 aromatic rings. The Balaban J connectivity index is 2.61. The minimum Gasteiger partial charge on any atom is -0.350 e. The molecule has 0 aliphatic carbocycles. The molecule has 0 fully saturated rings. The lowest BCUT2D eigenvalue weighted by atomic mass is 10.1. The number of carbonyl (C=O) groups is 1. The monoisotopic (exact) mass is 238 g/mol. The maximum atomic E-state index is 11.8. The first-order chi connectivity index (χ1) is 7.84. The maximum absolute atomic E-state index is 11.8. The second-order valence-electron chi connectivity index (χ2n) is 5.24. The summed E-state index contributed by atoms with van der Waals surface area (Å²) in [5, 5.41) is 10.1. The van der Waals surface area contributed by atoms with Gasteiger partial charge in [0.2, 0.25) is 0 Å². The fraction of sp³-hybridized carbons (Fsp3) is 0.667. The minimum atomic E-state index is -0.100. The van der Waals surface area contributed by atoms with Gasteiger partial charge in [-0.05, 0) is 34.7 Å². The molecule has 17 heavy (non-hydrogen) atoms. The Bertz CT molecular complexity index is 378. The summed E-state index contributed by atoms with van der Waals surface area (Å²) in [6.45, 7) is 8.76. The Kier molecular flexibility index (Phi) is 4.28. The van der Waals surface area contributed by atoms with Crippen molar-refractivity contribution in [2.45, 2.75) is 39.3 Å². The number of nitrogens with zero attached hydrogens (tertiary/aromatic N) is 2. The molecule has 5 heteroatoms. The van der Waals surface area contributed by atoms with Crippen molar-refractivity contribution in [2.24, 2.45) is 0 Å². The second-order valence-corrected chi connectivity index (χ2v) is 5.24. The lowest BCUT2D eigenvalue weighted by molar-refractivity contribution is 0.0950. The van der Waals surface area contributed by atoms with E-state index in [9.17, 15) is 4.79 Å². The molecule has 1 atom stereocenters. The van der Waals surface area contributed by atoms with E-state index in [-0.39, 0.29) is 17.5 Å². The summed E-state index contributed by atoms with van der Waals surface area (Å²) in [5.41, 5.74) is 0.500. The average molecular weight is 238 g/mol. The summed E-state index contributed by atoms with van der Waals surface area (Å²) in [4.78, 5) is 11.8.